The van der Waals surface area contributed by atoms with E-state index < -0.39 is 0 Å². The zero-order valence-corrected chi connectivity index (χ0v) is 16.5. The standard InChI is InChI=1S/C17H35N2PS/c1-15(2)20(6)21-14-7-16(3)17(4,5)8-11-19-12-9-18-10-13-19/h15,18H,3,7-14H2,1-2,4-6H3. The van der Waals surface area contributed by atoms with Crippen molar-refractivity contribution in [3.05, 3.63) is 12.2 Å². The van der Waals surface area contributed by atoms with Crippen molar-refractivity contribution in [3.8, 4) is 0 Å². The number of rotatable bonds is 9. The predicted octanol–water partition coefficient (Wildman–Crippen LogP) is 4.42. The number of nitrogens with zero attached hydrogens (tertiary/aromatic N) is 1. The van der Waals surface area contributed by atoms with Gasteiger partial charge in [0.1, 0.15) is 0 Å². The minimum Gasteiger partial charge on any atom is -0.314 e. The molecule has 0 aromatic rings. The van der Waals surface area contributed by atoms with Gasteiger partial charge in [0.2, 0.25) is 0 Å². The Balaban J connectivity index is 2.26. The Morgan fingerprint density at radius 2 is 1.95 bits per heavy atom. The van der Waals surface area contributed by atoms with Gasteiger partial charge in [0.25, 0.3) is 0 Å². The Kier molecular flexibility index (Phi) is 8.86. The Morgan fingerprint density at radius 3 is 2.52 bits per heavy atom. The van der Waals surface area contributed by atoms with Crippen LogP contribution in [0.2, 0.25) is 0 Å². The van der Waals surface area contributed by atoms with Gasteiger partial charge in [0.05, 0.1) is 0 Å². The highest BCUT2D eigenvalue weighted by atomic mass is 32.7. The van der Waals surface area contributed by atoms with Crippen LogP contribution < -0.4 is 5.32 Å². The summed E-state index contributed by atoms with van der Waals surface area (Å²) in [5.74, 6) is 1.25. The zero-order valence-electron chi connectivity index (χ0n) is 14.7. The van der Waals surface area contributed by atoms with Crippen LogP contribution >= 0.6 is 18.5 Å². The van der Waals surface area contributed by atoms with E-state index in [1.807, 2.05) is 0 Å². The summed E-state index contributed by atoms with van der Waals surface area (Å²) in [5.41, 5.74) is 2.55. The first-order valence-corrected chi connectivity index (χ1v) is 11.7. The Hall–Kier alpha value is 0.440. The third-order valence-corrected chi connectivity index (χ3v) is 9.93. The number of piperazine rings is 1. The van der Waals surface area contributed by atoms with Crippen LogP contribution in [0.4, 0.5) is 0 Å². The van der Waals surface area contributed by atoms with Crippen molar-refractivity contribution in [1.29, 1.82) is 0 Å². The van der Waals surface area contributed by atoms with Crippen LogP contribution in [-0.4, -0.2) is 55.7 Å². The fourth-order valence-electron chi connectivity index (χ4n) is 2.35. The third kappa shape index (κ3) is 7.50. The lowest BCUT2D eigenvalue weighted by Crippen LogP contribution is -2.44. The molecule has 1 rings (SSSR count). The van der Waals surface area contributed by atoms with Crippen LogP contribution in [0.3, 0.4) is 0 Å². The SMILES string of the molecule is C=C(CCSP(C)C(C)C)C(C)(C)CCN1CCNCC1. The average molecular weight is 331 g/mol. The van der Waals surface area contributed by atoms with Gasteiger partial charge in [-0.1, -0.05) is 39.8 Å². The Labute approximate surface area is 138 Å². The molecular weight excluding hydrogens is 295 g/mol. The molecule has 1 atom stereocenters. The summed E-state index contributed by atoms with van der Waals surface area (Å²) in [6.07, 6.45) is 2.42. The molecule has 1 saturated heterocycles. The van der Waals surface area contributed by atoms with E-state index in [1.165, 1.54) is 43.8 Å². The fourth-order valence-corrected chi connectivity index (χ4v) is 5.31. The van der Waals surface area contributed by atoms with Crippen LogP contribution in [0, 0.1) is 5.41 Å². The van der Waals surface area contributed by atoms with E-state index in [1.54, 1.807) is 0 Å². The quantitative estimate of drug-likeness (QED) is 0.497. The van der Waals surface area contributed by atoms with Gasteiger partial charge in [-0.2, -0.15) is 0 Å². The summed E-state index contributed by atoms with van der Waals surface area (Å²) in [5, 5.41) is 3.42. The molecule has 21 heavy (non-hydrogen) atoms. The molecular formula is C17H35N2PS. The number of nitrogens with one attached hydrogen (secondary N) is 1. The molecule has 1 aliphatic heterocycles. The van der Waals surface area contributed by atoms with E-state index in [2.05, 4.69) is 62.5 Å². The van der Waals surface area contributed by atoms with Crippen LogP contribution in [0.25, 0.3) is 0 Å². The van der Waals surface area contributed by atoms with Crippen LogP contribution in [0.15, 0.2) is 12.2 Å². The fraction of sp³-hybridized carbons (Fsp3) is 0.882. The van der Waals surface area contributed by atoms with Gasteiger partial charge < -0.3 is 10.2 Å². The first-order valence-electron chi connectivity index (χ1n) is 8.30. The van der Waals surface area contributed by atoms with E-state index >= 15 is 0 Å². The predicted molar refractivity (Wildman–Crippen MR) is 102 cm³/mol. The van der Waals surface area contributed by atoms with Gasteiger partial charge >= 0.3 is 0 Å². The van der Waals surface area contributed by atoms with Gasteiger partial charge in [-0.05, 0) is 44.2 Å². The molecule has 0 saturated carbocycles. The van der Waals surface area contributed by atoms with E-state index in [0.29, 0.717) is 0 Å². The molecule has 0 aliphatic carbocycles. The first-order chi connectivity index (χ1) is 9.83. The lowest BCUT2D eigenvalue weighted by molar-refractivity contribution is 0.210. The maximum atomic E-state index is 4.39. The maximum Gasteiger partial charge on any atom is 0.0107 e. The van der Waals surface area contributed by atoms with Gasteiger partial charge in [0.15, 0.2) is 0 Å². The van der Waals surface area contributed by atoms with Gasteiger partial charge in [-0.25, -0.2) is 0 Å². The van der Waals surface area contributed by atoms with Crippen molar-refractivity contribution >= 4 is 18.5 Å². The third-order valence-electron chi connectivity index (χ3n) is 4.65. The van der Waals surface area contributed by atoms with Crippen molar-refractivity contribution in [3.63, 3.8) is 0 Å². The molecule has 0 aromatic carbocycles. The molecule has 0 bridgehead atoms. The monoisotopic (exact) mass is 330 g/mol. The largest absolute Gasteiger partial charge is 0.314 e. The van der Waals surface area contributed by atoms with Crippen molar-refractivity contribution in [1.82, 2.24) is 10.2 Å². The maximum absolute atomic E-state index is 4.39. The van der Waals surface area contributed by atoms with Crippen LogP contribution in [0.1, 0.15) is 40.5 Å². The highest BCUT2D eigenvalue weighted by molar-refractivity contribution is 8.55. The van der Waals surface area contributed by atoms with Crippen LogP contribution in [-0.2, 0) is 0 Å². The zero-order chi connectivity index (χ0) is 15.9. The number of hydrogen-bond donors (Lipinski definition) is 1. The Bertz CT molecular complexity index is 312. The van der Waals surface area contributed by atoms with Crippen LogP contribution in [0.5, 0.6) is 0 Å². The average Bonchev–Trinajstić information content (AvgIpc) is 2.46. The summed E-state index contributed by atoms with van der Waals surface area (Å²) in [6.45, 7) is 22.1. The van der Waals surface area contributed by atoms with E-state index in [0.717, 1.165) is 18.7 Å². The molecule has 1 heterocycles. The second-order valence-electron chi connectivity index (χ2n) is 7.05. The minimum atomic E-state index is 0.136. The molecule has 2 nitrogen and oxygen atoms in total. The summed E-state index contributed by atoms with van der Waals surface area (Å²) in [7, 11) is 0.136. The highest BCUT2D eigenvalue weighted by Gasteiger charge is 2.23. The number of hydrogen-bond acceptors (Lipinski definition) is 3. The molecule has 1 unspecified atom stereocenters. The summed E-state index contributed by atoms with van der Waals surface area (Å²) >= 11 is 2.16. The lowest BCUT2D eigenvalue weighted by Gasteiger charge is -2.33. The molecule has 1 N–H and O–H groups in total. The molecule has 1 fully saturated rings. The second-order valence-corrected chi connectivity index (χ2v) is 12.3. The highest BCUT2D eigenvalue weighted by Crippen LogP contribution is 2.51. The molecule has 1 aliphatic rings. The second kappa shape index (κ2) is 9.55. The molecule has 0 amide bonds. The van der Waals surface area contributed by atoms with Crippen molar-refractivity contribution in [2.24, 2.45) is 5.41 Å². The van der Waals surface area contributed by atoms with Crippen molar-refractivity contribution in [2.75, 3.05) is 45.1 Å². The Morgan fingerprint density at radius 1 is 1.33 bits per heavy atom. The summed E-state index contributed by atoms with van der Waals surface area (Å²) < 4.78 is 0. The molecule has 4 heteroatoms. The van der Waals surface area contributed by atoms with E-state index in [-0.39, 0.29) is 12.5 Å². The minimum absolute atomic E-state index is 0.136. The van der Waals surface area contributed by atoms with Crippen molar-refractivity contribution in [2.45, 2.75) is 46.2 Å². The van der Waals surface area contributed by atoms with Gasteiger partial charge in [-0.3, -0.25) is 0 Å². The molecule has 124 valence electrons. The molecule has 0 radical (unpaired) electrons. The van der Waals surface area contributed by atoms with Gasteiger partial charge in [0, 0.05) is 31.9 Å². The number of allylic oxidation sites excluding steroid dienone is 1. The van der Waals surface area contributed by atoms with E-state index in [9.17, 15) is 0 Å². The normalized spacial score (nSPS) is 19.0. The van der Waals surface area contributed by atoms with Gasteiger partial charge in [-0.15, -0.1) is 11.4 Å². The smallest absolute Gasteiger partial charge is 0.0107 e. The summed E-state index contributed by atoms with van der Waals surface area (Å²) in [6, 6.07) is 0. The molecule has 0 spiro atoms. The first kappa shape index (κ1) is 19.5. The topological polar surface area (TPSA) is 15.3 Å². The van der Waals surface area contributed by atoms with Crippen molar-refractivity contribution < 1.29 is 0 Å². The lowest BCUT2D eigenvalue weighted by atomic mass is 9.80. The van der Waals surface area contributed by atoms with E-state index in [4.69, 9.17) is 0 Å². The molecule has 0 aromatic heterocycles. The summed E-state index contributed by atoms with van der Waals surface area (Å²) in [4.78, 5) is 2.59.